The number of phenolic OH excluding ortho intramolecular Hbond substituents is 1. The molecule has 1 amide bonds. The van der Waals surface area contributed by atoms with E-state index in [2.05, 4.69) is 5.32 Å². The number of methoxy groups -OCH3 is 1. The molecule has 92 valence electrons. The van der Waals surface area contributed by atoms with E-state index >= 15 is 0 Å². The molecular formula is C12H15NO4. The molecule has 2 rings (SSSR count). The van der Waals surface area contributed by atoms with Gasteiger partial charge in [0.25, 0.3) is 0 Å². The van der Waals surface area contributed by atoms with E-state index in [4.69, 9.17) is 9.47 Å². The van der Waals surface area contributed by atoms with Gasteiger partial charge >= 0.3 is 0 Å². The van der Waals surface area contributed by atoms with Gasteiger partial charge in [0.2, 0.25) is 5.91 Å². The quantitative estimate of drug-likeness (QED) is 0.774. The number of aromatic hydroxyl groups is 1. The van der Waals surface area contributed by atoms with Crippen LogP contribution < -0.4 is 10.1 Å². The summed E-state index contributed by atoms with van der Waals surface area (Å²) >= 11 is 0. The molecule has 5 nitrogen and oxygen atoms in total. The van der Waals surface area contributed by atoms with Gasteiger partial charge in [0.15, 0.2) is 0 Å². The summed E-state index contributed by atoms with van der Waals surface area (Å²) in [4.78, 5) is 11.3. The summed E-state index contributed by atoms with van der Waals surface area (Å²) in [6.45, 7) is 0.882. The fraction of sp³-hybridized carbons (Fsp3) is 0.417. The number of hydrogen-bond acceptors (Lipinski definition) is 4. The van der Waals surface area contributed by atoms with E-state index in [0.717, 1.165) is 5.56 Å². The Hall–Kier alpha value is -1.75. The Labute approximate surface area is 99.3 Å². The zero-order chi connectivity index (χ0) is 12.3. The summed E-state index contributed by atoms with van der Waals surface area (Å²) in [5.41, 5.74) is 1.32. The van der Waals surface area contributed by atoms with E-state index in [0.29, 0.717) is 37.5 Å². The number of fused-ring (bicyclic) bond motifs is 1. The second-order valence-corrected chi connectivity index (χ2v) is 3.83. The second-order valence-electron chi connectivity index (χ2n) is 3.83. The highest BCUT2D eigenvalue weighted by Gasteiger charge is 2.21. The first kappa shape index (κ1) is 11.7. The van der Waals surface area contributed by atoms with Gasteiger partial charge in [0.1, 0.15) is 18.1 Å². The summed E-state index contributed by atoms with van der Waals surface area (Å²) in [6, 6.07) is 3.23. The van der Waals surface area contributed by atoms with Crippen molar-refractivity contribution in [3.63, 3.8) is 0 Å². The Morgan fingerprint density at radius 1 is 1.35 bits per heavy atom. The van der Waals surface area contributed by atoms with Crippen molar-refractivity contribution in [2.45, 2.75) is 12.8 Å². The van der Waals surface area contributed by atoms with Crippen LogP contribution in [0.1, 0.15) is 12.0 Å². The molecule has 0 aromatic heterocycles. The maximum atomic E-state index is 11.3. The molecule has 0 spiro atoms. The van der Waals surface area contributed by atoms with Crippen molar-refractivity contribution < 1.29 is 19.4 Å². The highest BCUT2D eigenvalue weighted by atomic mass is 16.5. The summed E-state index contributed by atoms with van der Waals surface area (Å²) in [5.74, 6) is 0.710. The van der Waals surface area contributed by atoms with E-state index in [1.165, 1.54) is 0 Å². The van der Waals surface area contributed by atoms with E-state index < -0.39 is 0 Å². The van der Waals surface area contributed by atoms with Gasteiger partial charge in [-0.05, 0) is 18.6 Å². The van der Waals surface area contributed by atoms with Crippen LogP contribution >= 0.6 is 0 Å². The number of carbonyl (C=O) groups excluding carboxylic acids is 1. The molecule has 1 aromatic rings. The van der Waals surface area contributed by atoms with Crippen LogP contribution in [0.25, 0.3) is 0 Å². The zero-order valence-electron chi connectivity index (χ0n) is 9.66. The van der Waals surface area contributed by atoms with Gasteiger partial charge in [-0.1, -0.05) is 0 Å². The van der Waals surface area contributed by atoms with Crippen LogP contribution in [0.3, 0.4) is 0 Å². The topological polar surface area (TPSA) is 67.8 Å². The van der Waals surface area contributed by atoms with Crippen molar-refractivity contribution in [1.82, 2.24) is 0 Å². The molecule has 1 aliphatic rings. The Morgan fingerprint density at radius 3 is 2.94 bits per heavy atom. The molecule has 0 radical (unpaired) electrons. The number of anilines is 1. The van der Waals surface area contributed by atoms with Crippen molar-refractivity contribution in [2.24, 2.45) is 0 Å². The Morgan fingerprint density at radius 2 is 2.18 bits per heavy atom. The number of carbonyl (C=O) groups is 1. The number of ether oxygens (including phenoxy) is 2. The lowest BCUT2D eigenvalue weighted by atomic mass is 10.0. The number of amides is 1. The van der Waals surface area contributed by atoms with Gasteiger partial charge in [-0.15, -0.1) is 0 Å². The molecule has 17 heavy (non-hydrogen) atoms. The van der Waals surface area contributed by atoms with Gasteiger partial charge in [-0.2, -0.15) is 0 Å². The number of benzene rings is 1. The zero-order valence-corrected chi connectivity index (χ0v) is 9.66. The lowest BCUT2D eigenvalue weighted by Crippen LogP contribution is -2.20. The van der Waals surface area contributed by atoms with Gasteiger partial charge in [0.05, 0.1) is 12.3 Å². The summed E-state index contributed by atoms with van der Waals surface area (Å²) < 4.78 is 10.4. The van der Waals surface area contributed by atoms with Gasteiger partial charge < -0.3 is 19.9 Å². The summed E-state index contributed by atoms with van der Waals surface area (Å²) in [6.07, 6.45) is 0.927. The van der Waals surface area contributed by atoms with Crippen molar-refractivity contribution in [1.29, 1.82) is 0 Å². The van der Waals surface area contributed by atoms with Crippen molar-refractivity contribution >= 4 is 11.6 Å². The number of hydrogen-bond donors (Lipinski definition) is 2. The smallest absolute Gasteiger partial charge is 0.224 e. The third-order valence-corrected chi connectivity index (χ3v) is 2.66. The molecule has 0 bridgehead atoms. The minimum Gasteiger partial charge on any atom is -0.508 e. The van der Waals surface area contributed by atoms with Crippen LogP contribution in [0.5, 0.6) is 11.5 Å². The molecule has 1 aromatic carbocycles. The first-order valence-electron chi connectivity index (χ1n) is 5.49. The Kier molecular flexibility index (Phi) is 3.49. The summed E-state index contributed by atoms with van der Waals surface area (Å²) in [5, 5.41) is 12.4. The maximum Gasteiger partial charge on any atom is 0.224 e. The van der Waals surface area contributed by atoms with Crippen LogP contribution in [-0.4, -0.2) is 31.3 Å². The molecule has 0 atom stereocenters. The Bertz CT molecular complexity index is 431. The van der Waals surface area contributed by atoms with Crippen LogP contribution in [-0.2, 0) is 16.0 Å². The lowest BCUT2D eigenvalue weighted by molar-refractivity contribution is -0.116. The molecule has 0 aliphatic carbocycles. The van der Waals surface area contributed by atoms with Gasteiger partial charge in [0, 0.05) is 19.1 Å². The lowest BCUT2D eigenvalue weighted by Gasteiger charge is -2.21. The molecule has 1 heterocycles. The van der Waals surface area contributed by atoms with E-state index in [9.17, 15) is 9.90 Å². The SMILES string of the molecule is COCCOc1ccc(O)c2c1NC(=O)CC2. The second kappa shape index (κ2) is 5.05. The summed E-state index contributed by atoms with van der Waals surface area (Å²) in [7, 11) is 1.59. The predicted octanol–water partition coefficient (Wildman–Crippen LogP) is 1.30. The monoisotopic (exact) mass is 237 g/mol. The average Bonchev–Trinajstić information content (AvgIpc) is 2.32. The number of rotatable bonds is 4. The van der Waals surface area contributed by atoms with E-state index in [1.807, 2.05) is 0 Å². The van der Waals surface area contributed by atoms with Crippen LogP contribution in [0.2, 0.25) is 0 Å². The van der Waals surface area contributed by atoms with Crippen LogP contribution in [0.4, 0.5) is 5.69 Å². The molecule has 1 aliphatic heterocycles. The molecule has 5 heteroatoms. The molecule has 2 N–H and O–H groups in total. The molecule has 0 saturated heterocycles. The fourth-order valence-corrected chi connectivity index (χ4v) is 1.80. The predicted molar refractivity (Wildman–Crippen MR) is 62.4 cm³/mol. The number of nitrogens with one attached hydrogen (secondary N) is 1. The normalized spacial score (nSPS) is 14.1. The Balaban J connectivity index is 2.24. The van der Waals surface area contributed by atoms with Gasteiger partial charge in [-0.3, -0.25) is 4.79 Å². The highest BCUT2D eigenvalue weighted by Crippen LogP contribution is 2.38. The first-order chi connectivity index (χ1) is 8.22. The van der Waals surface area contributed by atoms with Crippen molar-refractivity contribution in [3.8, 4) is 11.5 Å². The van der Waals surface area contributed by atoms with E-state index in [1.54, 1.807) is 19.2 Å². The largest absolute Gasteiger partial charge is 0.508 e. The van der Waals surface area contributed by atoms with Crippen molar-refractivity contribution in [2.75, 3.05) is 25.6 Å². The standard InChI is InChI=1S/C12H15NO4/c1-16-6-7-17-10-4-3-9(14)8-2-5-11(15)13-12(8)10/h3-4,14H,2,5-7H2,1H3,(H,13,15). The van der Waals surface area contributed by atoms with Gasteiger partial charge in [-0.25, -0.2) is 0 Å². The molecule has 0 saturated carbocycles. The minimum absolute atomic E-state index is 0.0558. The molecule has 0 fully saturated rings. The third kappa shape index (κ3) is 2.50. The van der Waals surface area contributed by atoms with E-state index in [-0.39, 0.29) is 11.7 Å². The third-order valence-electron chi connectivity index (χ3n) is 2.66. The average molecular weight is 237 g/mol. The van der Waals surface area contributed by atoms with Crippen LogP contribution in [0, 0.1) is 0 Å². The maximum absolute atomic E-state index is 11.3. The number of phenols is 1. The molecule has 0 unspecified atom stereocenters. The van der Waals surface area contributed by atoms with Crippen LogP contribution in [0.15, 0.2) is 12.1 Å². The fourth-order valence-electron chi connectivity index (χ4n) is 1.80. The minimum atomic E-state index is -0.0558. The molecular weight excluding hydrogens is 222 g/mol. The highest BCUT2D eigenvalue weighted by molar-refractivity contribution is 5.96. The van der Waals surface area contributed by atoms with Crippen molar-refractivity contribution in [3.05, 3.63) is 17.7 Å². The first-order valence-corrected chi connectivity index (χ1v) is 5.49.